The molecule has 1 aliphatic rings. The van der Waals surface area contributed by atoms with Gasteiger partial charge in [-0.3, -0.25) is 14.2 Å². The Balaban J connectivity index is 1.83. The number of pyridine rings is 2. The third-order valence-electron chi connectivity index (χ3n) is 5.76. The van der Waals surface area contributed by atoms with Crippen molar-refractivity contribution in [2.75, 3.05) is 0 Å². The normalized spacial score (nSPS) is 19.5. The zero-order chi connectivity index (χ0) is 20.5. The Labute approximate surface area is 174 Å². The Hall–Kier alpha value is -2.66. The Bertz CT molecular complexity index is 1100. The Morgan fingerprint density at radius 1 is 1.14 bits per heavy atom. The molecular formula is C23H24ClN3O2. The van der Waals surface area contributed by atoms with Crippen LogP contribution >= 0.6 is 11.6 Å². The fourth-order valence-corrected chi connectivity index (χ4v) is 4.37. The minimum Gasteiger partial charge on any atom is -0.333 e. The van der Waals surface area contributed by atoms with Gasteiger partial charge in [0.15, 0.2) is 0 Å². The summed E-state index contributed by atoms with van der Waals surface area (Å²) in [5.41, 5.74) is 1.40. The number of carbonyl (C=O) groups excluding carboxylic acids is 1. The first-order chi connectivity index (χ1) is 14.0. The van der Waals surface area contributed by atoms with Crippen molar-refractivity contribution in [3.8, 4) is 0 Å². The van der Waals surface area contributed by atoms with E-state index in [2.05, 4.69) is 18.8 Å². The quantitative estimate of drug-likeness (QED) is 0.639. The number of benzene rings is 1. The number of carbonyl (C=O) groups is 1. The summed E-state index contributed by atoms with van der Waals surface area (Å²) < 4.78 is 1.59. The summed E-state index contributed by atoms with van der Waals surface area (Å²) >= 11 is 5.99. The number of piperidine rings is 1. The van der Waals surface area contributed by atoms with Gasteiger partial charge >= 0.3 is 0 Å². The van der Waals surface area contributed by atoms with Crippen LogP contribution in [0.5, 0.6) is 0 Å². The fourth-order valence-electron chi connectivity index (χ4n) is 4.24. The van der Waals surface area contributed by atoms with Crippen molar-refractivity contribution >= 4 is 28.5 Å². The molecule has 0 bridgehead atoms. The predicted molar refractivity (Wildman–Crippen MR) is 116 cm³/mol. The van der Waals surface area contributed by atoms with Crippen molar-refractivity contribution in [2.24, 2.45) is 0 Å². The van der Waals surface area contributed by atoms with Crippen molar-refractivity contribution in [3.05, 3.63) is 75.2 Å². The Morgan fingerprint density at radius 3 is 2.52 bits per heavy atom. The molecule has 1 aromatic carbocycles. The number of fused-ring (bicyclic) bond motifs is 1. The summed E-state index contributed by atoms with van der Waals surface area (Å²) in [5, 5.41) is 1.42. The van der Waals surface area contributed by atoms with Gasteiger partial charge in [0.2, 0.25) is 0 Å². The average molecular weight is 410 g/mol. The van der Waals surface area contributed by atoms with Crippen LogP contribution in [0.1, 0.15) is 49.0 Å². The minimum atomic E-state index is -0.305. The zero-order valence-electron chi connectivity index (χ0n) is 16.6. The van der Waals surface area contributed by atoms with Gasteiger partial charge in [0, 0.05) is 28.7 Å². The summed E-state index contributed by atoms with van der Waals surface area (Å²) in [6.07, 6.45) is 4.69. The lowest BCUT2D eigenvalue weighted by atomic mass is 9.96. The van der Waals surface area contributed by atoms with E-state index in [1.807, 2.05) is 29.2 Å². The van der Waals surface area contributed by atoms with Gasteiger partial charge in [0.05, 0.1) is 6.54 Å². The summed E-state index contributed by atoms with van der Waals surface area (Å²) in [7, 11) is 0. The van der Waals surface area contributed by atoms with Crippen molar-refractivity contribution in [1.29, 1.82) is 0 Å². The molecule has 5 nitrogen and oxygen atoms in total. The standard InChI is InChI=1S/C23H24ClN3O2/c1-15-5-3-6-16(2)27(15)23(29)20-13-18-7-4-12-25-21(18)26(22(20)28)14-17-8-10-19(24)11-9-17/h4,7-13,15-16H,3,5-6,14H2,1-2H3/t15-,16+. The molecule has 3 heterocycles. The third-order valence-corrected chi connectivity index (χ3v) is 6.01. The molecule has 0 N–H and O–H groups in total. The molecule has 2 atom stereocenters. The van der Waals surface area contributed by atoms with E-state index < -0.39 is 0 Å². The molecule has 1 amide bonds. The van der Waals surface area contributed by atoms with E-state index in [0.717, 1.165) is 30.2 Å². The zero-order valence-corrected chi connectivity index (χ0v) is 17.4. The van der Waals surface area contributed by atoms with Crippen molar-refractivity contribution in [1.82, 2.24) is 14.5 Å². The lowest BCUT2D eigenvalue weighted by Crippen LogP contribution is -2.49. The second kappa shape index (κ2) is 7.99. The topological polar surface area (TPSA) is 55.2 Å². The maximum Gasteiger partial charge on any atom is 0.265 e. The molecule has 150 valence electrons. The lowest BCUT2D eigenvalue weighted by Gasteiger charge is -2.39. The van der Waals surface area contributed by atoms with Crippen LogP contribution in [0.15, 0.2) is 53.5 Å². The highest BCUT2D eigenvalue weighted by Crippen LogP contribution is 2.25. The number of nitrogens with zero attached hydrogens (tertiary/aromatic N) is 3. The largest absolute Gasteiger partial charge is 0.333 e. The average Bonchev–Trinajstić information content (AvgIpc) is 2.71. The first kappa shape index (κ1) is 19.6. The Morgan fingerprint density at radius 2 is 1.83 bits per heavy atom. The molecular weight excluding hydrogens is 386 g/mol. The van der Waals surface area contributed by atoms with Crippen LogP contribution < -0.4 is 5.56 Å². The molecule has 3 aromatic rings. The third kappa shape index (κ3) is 3.79. The second-order valence-corrected chi connectivity index (χ2v) is 8.27. The van der Waals surface area contributed by atoms with E-state index >= 15 is 0 Å². The van der Waals surface area contributed by atoms with Crippen LogP contribution in [-0.2, 0) is 6.54 Å². The number of aromatic nitrogens is 2. The number of hydrogen-bond donors (Lipinski definition) is 0. The van der Waals surface area contributed by atoms with Gasteiger partial charge in [-0.1, -0.05) is 23.7 Å². The summed E-state index contributed by atoms with van der Waals surface area (Å²) in [4.78, 5) is 33.1. The lowest BCUT2D eigenvalue weighted by molar-refractivity contribution is 0.0508. The molecule has 2 aromatic heterocycles. The maximum atomic E-state index is 13.4. The van der Waals surface area contributed by atoms with Crippen LogP contribution in [0.2, 0.25) is 5.02 Å². The Kier molecular flexibility index (Phi) is 5.41. The smallest absolute Gasteiger partial charge is 0.265 e. The molecule has 0 unspecified atom stereocenters. The van der Waals surface area contributed by atoms with Crippen molar-refractivity contribution in [2.45, 2.75) is 51.7 Å². The van der Waals surface area contributed by atoms with Crippen LogP contribution in [0.25, 0.3) is 11.0 Å². The highest BCUT2D eigenvalue weighted by Gasteiger charge is 2.31. The number of amides is 1. The summed E-state index contributed by atoms with van der Waals surface area (Å²) in [5.74, 6) is -0.190. The molecule has 6 heteroatoms. The van der Waals surface area contributed by atoms with E-state index in [4.69, 9.17) is 11.6 Å². The molecule has 4 rings (SSSR count). The van der Waals surface area contributed by atoms with Crippen molar-refractivity contribution < 1.29 is 4.79 Å². The molecule has 0 spiro atoms. The van der Waals surface area contributed by atoms with Gasteiger partial charge in [-0.25, -0.2) is 4.98 Å². The van der Waals surface area contributed by atoms with E-state index in [1.54, 1.807) is 29.0 Å². The van der Waals surface area contributed by atoms with E-state index in [9.17, 15) is 9.59 Å². The van der Waals surface area contributed by atoms with Gasteiger partial charge in [-0.15, -0.1) is 0 Å². The van der Waals surface area contributed by atoms with Crippen LogP contribution in [0, 0.1) is 0 Å². The second-order valence-electron chi connectivity index (χ2n) is 7.83. The monoisotopic (exact) mass is 409 g/mol. The summed E-state index contributed by atoms with van der Waals surface area (Å²) in [6, 6.07) is 13.0. The van der Waals surface area contributed by atoms with E-state index in [-0.39, 0.29) is 29.1 Å². The number of likely N-dealkylation sites (tertiary alicyclic amines) is 1. The SMILES string of the molecule is C[C@@H]1CCC[C@H](C)N1C(=O)c1cc2cccnc2n(Cc2ccc(Cl)cc2)c1=O. The molecule has 1 saturated heterocycles. The number of rotatable bonds is 3. The molecule has 29 heavy (non-hydrogen) atoms. The molecule has 1 aliphatic heterocycles. The summed E-state index contributed by atoms with van der Waals surface area (Å²) in [6.45, 7) is 4.44. The van der Waals surface area contributed by atoms with Crippen molar-refractivity contribution in [3.63, 3.8) is 0 Å². The predicted octanol–water partition coefficient (Wildman–Crippen LogP) is 4.50. The van der Waals surface area contributed by atoms with Gasteiger partial charge in [-0.2, -0.15) is 0 Å². The fraction of sp³-hybridized carbons (Fsp3) is 0.348. The first-order valence-corrected chi connectivity index (χ1v) is 10.4. The highest BCUT2D eigenvalue weighted by molar-refractivity contribution is 6.30. The minimum absolute atomic E-state index is 0.125. The maximum absolute atomic E-state index is 13.4. The van der Waals surface area contributed by atoms with Crippen LogP contribution in [-0.4, -0.2) is 32.4 Å². The number of hydrogen-bond acceptors (Lipinski definition) is 3. The molecule has 0 aliphatic carbocycles. The van der Waals surface area contributed by atoms with Gasteiger partial charge in [0.25, 0.3) is 11.5 Å². The van der Waals surface area contributed by atoms with E-state index in [1.165, 1.54) is 0 Å². The van der Waals surface area contributed by atoms with Crippen LogP contribution in [0.4, 0.5) is 0 Å². The van der Waals surface area contributed by atoms with Gasteiger partial charge in [0.1, 0.15) is 11.2 Å². The van der Waals surface area contributed by atoms with Crippen LogP contribution in [0.3, 0.4) is 0 Å². The molecule has 1 fully saturated rings. The highest BCUT2D eigenvalue weighted by atomic mass is 35.5. The molecule has 0 radical (unpaired) electrons. The first-order valence-electron chi connectivity index (χ1n) is 10.0. The molecule has 0 saturated carbocycles. The van der Waals surface area contributed by atoms with E-state index in [0.29, 0.717) is 17.2 Å². The van der Waals surface area contributed by atoms with Gasteiger partial charge < -0.3 is 4.90 Å². The van der Waals surface area contributed by atoms with Gasteiger partial charge in [-0.05, 0) is 69.0 Å². The number of halogens is 1.